The van der Waals surface area contributed by atoms with Crippen LogP contribution in [0.15, 0.2) is 52.1 Å². The first-order valence-corrected chi connectivity index (χ1v) is 10.8. The molecule has 2 aromatic carbocycles. The summed E-state index contributed by atoms with van der Waals surface area (Å²) in [6, 6.07) is 14.1. The molecule has 146 valence electrons. The third kappa shape index (κ3) is 4.83. The Hall–Kier alpha value is -2.12. The van der Waals surface area contributed by atoms with Gasteiger partial charge >= 0.3 is 0 Å². The van der Waals surface area contributed by atoms with E-state index in [-0.39, 0.29) is 11.7 Å². The maximum Gasteiger partial charge on any atom is 0.234 e. The fraction of sp³-hybridized carbons (Fsp3) is 0.286. The molecule has 0 radical (unpaired) electrons. The van der Waals surface area contributed by atoms with E-state index in [1.54, 1.807) is 0 Å². The van der Waals surface area contributed by atoms with Gasteiger partial charge in [0.05, 0.1) is 5.75 Å². The number of carbonyl (C=O) groups excluding carboxylic acids is 1. The van der Waals surface area contributed by atoms with Gasteiger partial charge in [0.2, 0.25) is 5.91 Å². The summed E-state index contributed by atoms with van der Waals surface area (Å²) in [6.45, 7) is 6.27. The maximum atomic E-state index is 12.5. The van der Waals surface area contributed by atoms with Crippen LogP contribution in [0.4, 0.5) is 5.69 Å². The minimum atomic E-state index is -0.0610. The molecule has 0 saturated heterocycles. The summed E-state index contributed by atoms with van der Waals surface area (Å²) in [5, 5.41) is 12.2. The minimum Gasteiger partial charge on any atom is -0.325 e. The second-order valence-electron chi connectivity index (χ2n) is 6.95. The summed E-state index contributed by atoms with van der Waals surface area (Å²) in [5.41, 5.74) is 4.16. The molecular formula is C21H23BrN4OS. The predicted molar refractivity (Wildman–Crippen MR) is 119 cm³/mol. The van der Waals surface area contributed by atoms with Crippen LogP contribution in [0, 0.1) is 6.92 Å². The largest absolute Gasteiger partial charge is 0.325 e. The molecule has 1 N–H and O–H groups in total. The fourth-order valence-electron chi connectivity index (χ4n) is 2.84. The van der Waals surface area contributed by atoms with Crippen molar-refractivity contribution in [2.24, 2.45) is 7.05 Å². The molecule has 0 atom stereocenters. The molecule has 3 rings (SSSR count). The molecule has 1 heterocycles. The summed E-state index contributed by atoms with van der Waals surface area (Å²) in [5.74, 6) is 1.32. The number of rotatable bonds is 6. The lowest BCUT2D eigenvalue weighted by Gasteiger charge is -2.14. The quantitative estimate of drug-likeness (QED) is 0.501. The van der Waals surface area contributed by atoms with Crippen molar-refractivity contribution >= 4 is 39.3 Å². The van der Waals surface area contributed by atoms with E-state index >= 15 is 0 Å². The van der Waals surface area contributed by atoms with Gasteiger partial charge in [0.15, 0.2) is 11.0 Å². The van der Waals surface area contributed by atoms with Crippen molar-refractivity contribution < 1.29 is 4.79 Å². The van der Waals surface area contributed by atoms with Crippen LogP contribution in [0.2, 0.25) is 0 Å². The van der Waals surface area contributed by atoms with Crippen LogP contribution in [0.5, 0.6) is 0 Å². The topological polar surface area (TPSA) is 59.8 Å². The molecule has 0 unspecified atom stereocenters. The standard InChI is InChI=1S/C21H23BrN4OS/c1-13(2)17-11-16(22)9-10-18(17)23-19(27)12-28-21-25-24-20(26(21)4)15-7-5-14(3)6-8-15/h5-11,13H,12H2,1-4H3,(H,23,27). The molecule has 0 spiro atoms. The molecule has 0 aliphatic heterocycles. The Morgan fingerprint density at radius 2 is 1.89 bits per heavy atom. The summed E-state index contributed by atoms with van der Waals surface area (Å²) in [6.07, 6.45) is 0. The molecule has 3 aromatic rings. The number of amides is 1. The van der Waals surface area contributed by atoms with Gasteiger partial charge in [-0.3, -0.25) is 4.79 Å². The first-order chi connectivity index (χ1) is 13.3. The lowest BCUT2D eigenvalue weighted by atomic mass is 10.0. The van der Waals surface area contributed by atoms with Gasteiger partial charge < -0.3 is 9.88 Å². The Morgan fingerprint density at radius 1 is 1.18 bits per heavy atom. The molecule has 0 fully saturated rings. The number of thioether (sulfide) groups is 1. The van der Waals surface area contributed by atoms with Crippen LogP contribution >= 0.6 is 27.7 Å². The summed E-state index contributed by atoms with van der Waals surface area (Å²) in [4.78, 5) is 12.5. The predicted octanol–water partition coefficient (Wildman–Crippen LogP) is 5.41. The molecule has 0 aliphatic carbocycles. The van der Waals surface area contributed by atoms with Crippen LogP contribution < -0.4 is 5.32 Å². The van der Waals surface area contributed by atoms with E-state index in [4.69, 9.17) is 0 Å². The SMILES string of the molecule is Cc1ccc(-c2nnc(SCC(=O)Nc3ccc(Br)cc3C(C)C)n2C)cc1. The van der Waals surface area contributed by atoms with Crippen molar-refractivity contribution in [2.75, 3.05) is 11.1 Å². The highest BCUT2D eigenvalue weighted by Crippen LogP contribution is 2.28. The van der Waals surface area contributed by atoms with Crippen molar-refractivity contribution in [3.8, 4) is 11.4 Å². The first kappa shape index (κ1) is 20.6. The van der Waals surface area contributed by atoms with Crippen molar-refractivity contribution in [1.29, 1.82) is 0 Å². The lowest BCUT2D eigenvalue weighted by molar-refractivity contribution is -0.113. The number of halogens is 1. The van der Waals surface area contributed by atoms with E-state index in [2.05, 4.69) is 64.3 Å². The van der Waals surface area contributed by atoms with E-state index in [0.29, 0.717) is 11.1 Å². The van der Waals surface area contributed by atoms with Crippen LogP contribution in [0.25, 0.3) is 11.4 Å². The van der Waals surface area contributed by atoms with Gasteiger partial charge in [0, 0.05) is 22.8 Å². The monoisotopic (exact) mass is 458 g/mol. The van der Waals surface area contributed by atoms with E-state index < -0.39 is 0 Å². The van der Waals surface area contributed by atoms with Crippen molar-refractivity contribution in [1.82, 2.24) is 14.8 Å². The minimum absolute atomic E-state index is 0.0610. The Labute approximate surface area is 178 Å². The second-order valence-corrected chi connectivity index (χ2v) is 8.81. The number of aromatic nitrogens is 3. The van der Waals surface area contributed by atoms with Crippen LogP contribution in [-0.2, 0) is 11.8 Å². The van der Waals surface area contributed by atoms with E-state index in [1.807, 2.05) is 41.9 Å². The zero-order valence-corrected chi connectivity index (χ0v) is 18.8. The second kappa shape index (κ2) is 8.92. The number of hydrogen-bond donors (Lipinski definition) is 1. The number of nitrogens with zero attached hydrogens (tertiary/aromatic N) is 3. The Morgan fingerprint density at radius 3 is 2.57 bits per heavy atom. The van der Waals surface area contributed by atoms with Gasteiger partial charge in [-0.2, -0.15) is 0 Å². The van der Waals surface area contributed by atoms with Crippen LogP contribution in [0.3, 0.4) is 0 Å². The zero-order valence-electron chi connectivity index (χ0n) is 16.4. The average Bonchev–Trinajstić information content (AvgIpc) is 3.02. The fourth-order valence-corrected chi connectivity index (χ4v) is 3.93. The number of anilines is 1. The smallest absolute Gasteiger partial charge is 0.234 e. The van der Waals surface area contributed by atoms with Crippen molar-refractivity contribution in [3.05, 3.63) is 58.1 Å². The molecule has 1 aromatic heterocycles. The Balaban J connectivity index is 1.67. The van der Waals surface area contributed by atoms with Gasteiger partial charge in [-0.25, -0.2) is 0 Å². The summed E-state index contributed by atoms with van der Waals surface area (Å²) >= 11 is 4.87. The number of aryl methyl sites for hydroxylation is 1. The number of carbonyl (C=O) groups is 1. The molecular weight excluding hydrogens is 436 g/mol. The molecule has 0 bridgehead atoms. The normalized spacial score (nSPS) is 11.1. The maximum absolute atomic E-state index is 12.5. The van der Waals surface area contributed by atoms with Gasteiger partial charge in [-0.15, -0.1) is 10.2 Å². The number of hydrogen-bond acceptors (Lipinski definition) is 4. The van der Waals surface area contributed by atoms with Crippen molar-refractivity contribution in [2.45, 2.75) is 31.8 Å². The van der Waals surface area contributed by atoms with E-state index in [0.717, 1.165) is 27.1 Å². The summed E-state index contributed by atoms with van der Waals surface area (Å²) in [7, 11) is 1.92. The van der Waals surface area contributed by atoms with Gasteiger partial charge in [0.25, 0.3) is 0 Å². The molecule has 7 heteroatoms. The highest BCUT2D eigenvalue weighted by molar-refractivity contribution is 9.10. The van der Waals surface area contributed by atoms with Gasteiger partial charge in [-0.05, 0) is 36.6 Å². The third-order valence-electron chi connectivity index (χ3n) is 4.39. The van der Waals surface area contributed by atoms with Crippen LogP contribution in [0.1, 0.15) is 30.9 Å². The zero-order chi connectivity index (χ0) is 20.3. The molecule has 0 aliphatic rings. The third-order valence-corrected chi connectivity index (χ3v) is 5.90. The van der Waals surface area contributed by atoms with E-state index in [9.17, 15) is 4.79 Å². The molecule has 1 amide bonds. The summed E-state index contributed by atoms with van der Waals surface area (Å²) < 4.78 is 2.92. The van der Waals surface area contributed by atoms with E-state index in [1.165, 1.54) is 17.3 Å². The Bertz CT molecular complexity index is 983. The van der Waals surface area contributed by atoms with Gasteiger partial charge in [-0.1, -0.05) is 71.4 Å². The molecule has 0 saturated carbocycles. The van der Waals surface area contributed by atoms with Crippen molar-refractivity contribution in [3.63, 3.8) is 0 Å². The van der Waals surface area contributed by atoms with Crippen LogP contribution in [-0.4, -0.2) is 26.4 Å². The van der Waals surface area contributed by atoms with Gasteiger partial charge in [0.1, 0.15) is 0 Å². The first-order valence-electron chi connectivity index (χ1n) is 9.03. The highest BCUT2D eigenvalue weighted by atomic mass is 79.9. The Kier molecular flexibility index (Phi) is 6.57. The average molecular weight is 459 g/mol. The number of nitrogens with one attached hydrogen (secondary N) is 1. The molecule has 28 heavy (non-hydrogen) atoms. The lowest BCUT2D eigenvalue weighted by Crippen LogP contribution is -2.16. The molecule has 5 nitrogen and oxygen atoms in total. The number of benzene rings is 2. The highest BCUT2D eigenvalue weighted by Gasteiger charge is 2.14.